The van der Waals surface area contributed by atoms with E-state index in [0.29, 0.717) is 24.5 Å². The summed E-state index contributed by atoms with van der Waals surface area (Å²) in [6.07, 6.45) is -4.14. The lowest BCUT2D eigenvalue weighted by molar-refractivity contribution is -0.139. The Hall–Kier alpha value is -2.10. The van der Waals surface area contributed by atoms with E-state index in [1.54, 1.807) is 6.07 Å². The number of alkyl halides is 3. The summed E-state index contributed by atoms with van der Waals surface area (Å²) in [4.78, 5) is 10.1. The van der Waals surface area contributed by atoms with Crippen LogP contribution >= 0.6 is 11.6 Å². The standard InChI is InChI=1S/C17H13ClF3NO4S/c18-13-3-1-2-12(17(19,20)21)15(13)27(25,26)22-14-7-6-9-4-5-10(16(23)24)8-11(9)14/h1-5,8,14,22H,6-7H2,(H,23,24). The Bertz CT molecular complexity index is 1020. The fraction of sp³-hybridized carbons (Fsp3) is 0.235. The van der Waals surface area contributed by atoms with Crippen LogP contribution in [0, 0.1) is 0 Å². The molecule has 0 spiro atoms. The summed E-state index contributed by atoms with van der Waals surface area (Å²) in [7, 11) is -4.61. The van der Waals surface area contributed by atoms with Crippen LogP contribution in [-0.4, -0.2) is 19.5 Å². The molecule has 3 rings (SSSR count). The third-order valence-corrected chi connectivity index (χ3v) is 6.31. The number of aryl methyl sites for hydroxylation is 1. The fourth-order valence-corrected chi connectivity index (χ4v) is 5.12. The molecule has 1 aliphatic carbocycles. The SMILES string of the molecule is O=C(O)c1ccc2c(c1)C(NS(=O)(=O)c1c(Cl)cccc1C(F)(F)F)CC2. The van der Waals surface area contributed by atoms with E-state index in [1.165, 1.54) is 12.1 Å². The Morgan fingerprint density at radius 1 is 1.22 bits per heavy atom. The number of fused-ring (bicyclic) bond motifs is 1. The summed E-state index contributed by atoms with van der Waals surface area (Å²) < 4.78 is 67.3. The van der Waals surface area contributed by atoms with E-state index >= 15 is 0 Å². The van der Waals surface area contributed by atoms with Crippen molar-refractivity contribution < 1.29 is 31.5 Å². The highest BCUT2D eigenvalue weighted by atomic mass is 35.5. The third-order valence-electron chi connectivity index (χ3n) is 4.31. The molecule has 27 heavy (non-hydrogen) atoms. The number of hydrogen-bond acceptors (Lipinski definition) is 3. The van der Waals surface area contributed by atoms with Crippen LogP contribution in [0.4, 0.5) is 13.2 Å². The van der Waals surface area contributed by atoms with E-state index in [2.05, 4.69) is 4.72 Å². The molecule has 2 aromatic rings. The molecule has 0 aromatic heterocycles. The van der Waals surface area contributed by atoms with Crippen molar-refractivity contribution in [3.63, 3.8) is 0 Å². The molecule has 0 amide bonds. The Kier molecular flexibility index (Phi) is 4.96. The van der Waals surface area contributed by atoms with Gasteiger partial charge in [0.2, 0.25) is 10.0 Å². The first-order valence-corrected chi connectivity index (χ1v) is 9.61. The van der Waals surface area contributed by atoms with Crippen molar-refractivity contribution in [2.75, 3.05) is 0 Å². The predicted molar refractivity (Wildman–Crippen MR) is 91.2 cm³/mol. The largest absolute Gasteiger partial charge is 0.478 e. The maximum Gasteiger partial charge on any atom is 0.417 e. The minimum atomic E-state index is -4.90. The number of carbonyl (C=O) groups is 1. The highest BCUT2D eigenvalue weighted by molar-refractivity contribution is 7.89. The molecule has 144 valence electrons. The average molecular weight is 420 g/mol. The Labute approximate surface area is 157 Å². The lowest BCUT2D eigenvalue weighted by Crippen LogP contribution is -2.29. The zero-order valence-electron chi connectivity index (χ0n) is 13.5. The van der Waals surface area contributed by atoms with E-state index in [9.17, 15) is 26.4 Å². The lowest BCUT2D eigenvalue weighted by atomic mass is 10.0. The molecule has 0 bridgehead atoms. The maximum atomic E-state index is 13.2. The lowest BCUT2D eigenvalue weighted by Gasteiger charge is -2.19. The van der Waals surface area contributed by atoms with Crippen molar-refractivity contribution in [2.24, 2.45) is 0 Å². The van der Waals surface area contributed by atoms with E-state index in [1.807, 2.05) is 0 Å². The van der Waals surface area contributed by atoms with Crippen molar-refractivity contribution in [1.29, 1.82) is 0 Å². The van der Waals surface area contributed by atoms with Gasteiger partial charge in [0.25, 0.3) is 0 Å². The number of aromatic carboxylic acids is 1. The second kappa shape index (κ2) is 6.81. The van der Waals surface area contributed by atoms with Gasteiger partial charge in [0.15, 0.2) is 0 Å². The van der Waals surface area contributed by atoms with E-state index in [4.69, 9.17) is 16.7 Å². The van der Waals surface area contributed by atoms with Gasteiger partial charge in [-0.3, -0.25) is 0 Å². The van der Waals surface area contributed by atoms with Gasteiger partial charge in [-0.05, 0) is 48.2 Å². The first-order valence-electron chi connectivity index (χ1n) is 7.75. The minimum absolute atomic E-state index is 0.0337. The van der Waals surface area contributed by atoms with E-state index in [-0.39, 0.29) is 5.56 Å². The van der Waals surface area contributed by atoms with E-state index in [0.717, 1.165) is 17.7 Å². The summed E-state index contributed by atoms with van der Waals surface area (Å²) in [6, 6.07) is 6.19. The molecule has 0 fully saturated rings. The Balaban J connectivity index is 2.02. The molecule has 2 N–H and O–H groups in total. The molecule has 10 heteroatoms. The van der Waals surface area contributed by atoms with Gasteiger partial charge in [0.05, 0.1) is 16.1 Å². The van der Waals surface area contributed by atoms with Crippen LogP contribution in [0.2, 0.25) is 5.02 Å². The second-order valence-electron chi connectivity index (χ2n) is 6.05. The van der Waals surface area contributed by atoms with Crippen molar-refractivity contribution in [3.8, 4) is 0 Å². The first-order chi connectivity index (χ1) is 12.5. The smallest absolute Gasteiger partial charge is 0.417 e. The molecule has 0 aliphatic heterocycles. The van der Waals surface area contributed by atoms with Crippen molar-refractivity contribution in [1.82, 2.24) is 4.72 Å². The van der Waals surface area contributed by atoms with Gasteiger partial charge in [-0.1, -0.05) is 23.7 Å². The summed E-state index contributed by atoms with van der Waals surface area (Å²) in [5.41, 5.74) is -0.226. The van der Waals surface area contributed by atoms with Gasteiger partial charge in [0.1, 0.15) is 4.90 Å². The number of benzene rings is 2. The fourth-order valence-electron chi connectivity index (χ4n) is 3.11. The van der Waals surface area contributed by atoms with Crippen LogP contribution in [-0.2, 0) is 22.6 Å². The number of rotatable bonds is 4. The van der Waals surface area contributed by atoms with E-state index < -0.39 is 43.7 Å². The zero-order chi connectivity index (χ0) is 20.0. The molecular weight excluding hydrogens is 407 g/mol. The molecule has 0 radical (unpaired) electrons. The second-order valence-corrected chi connectivity index (χ2v) is 8.10. The molecule has 1 aliphatic rings. The normalized spacial score (nSPS) is 17.0. The third kappa shape index (κ3) is 3.80. The number of carboxylic acid groups (broad SMARTS) is 1. The number of sulfonamides is 1. The molecule has 2 aromatic carbocycles. The number of halogens is 4. The van der Waals surface area contributed by atoms with Crippen LogP contribution in [0.15, 0.2) is 41.3 Å². The van der Waals surface area contributed by atoms with Crippen LogP contribution < -0.4 is 4.72 Å². The van der Waals surface area contributed by atoms with Crippen molar-refractivity contribution in [2.45, 2.75) is 30.0 Å². The van der Waals surface area contributed by atoms with Gasteiger partial charge in [-0.2, -0.15) is 13.2 Å². The van der Waals surface area contributed by atoms with Gasteiger partial charge >= 0.3 is 12.1 Å². The molecule has 0 heterocycles. The van der Waals surface area contributed by atoms with Crippen molar-refractivity contribution in [3.05, 3.63) is 63.7 Å². The highest BCUT2D eigenvalue weighted by Gasteiger charge is 2.39. The molecule has 5 nitrogen and oxygen atoms in total. The zero-order valence-corrected chi connectivity index (χ0v) is 15.1. The number of carboxylic acids is 1. The van der Waals surface area contributed by atoms with Crippen molar-refractivity contribution >= 4 is 27.6 Å². The summed E-state index contributed by atoms with van der Waals surface area (Å²) in [5.74, 6) is -1.18. The van der Waals surface area contributed by atoms with Crippen LogP contribution in [0.25, 0.3) is 0 Å². The molecule has 1 unspecified atom stereocenters. The monoisotopic (exact) mass is 419 g/mol. The highest BCUT2D eigenvalue weighted by Crippen LogP contribution is 2.39. The topological polar surface area (TPSA) is 83.5 Å². The first kappa shape index (κ1) is 19.7. The quantitative estimate of drug-likeness (QED) is 0.784. The summed E-state index contributed by atoms with van der Waals surface area (Å²) in [5, 5.41) is 8.55. The predicted octanol–water partition coefficient (Wildman–Crippen LogP) is 4.02. The average Bonchev–Trinajstić information content (AvgIpc) is 2.95. The maximum absolute atomic E-state index is 13.2. The molecule has 1 atom stereocenters. The number of nitrogens with one attached hydrogen (secondary N) is 1. The van der Waals surface area contributed by atoms with Crippen LogP contribution in [0.3, 0.4) is 0 Å². The Morgan fingerprint density at radius 2 is 1.93 bits per heavy atom. The Morgan fingerprint density at radius 3 is 2.56 bits per heavy atom. The molecule has 0 saturated heterocycles. The molecule has 0 saturated carbocycles. The minimum Gasteiger partial charge on any atom is -0.478 e. The van der Waals surface area contributed by atoms with Gasteiger partial charge in [0, 0.05) is 6.04 Å². The van der Waals surface area contributed by atoms with Gasteiger partial charge in [-0.15, -0.1) is 0 Å². The van der Waals surface area contributed by atoms with Crippen LogP contribution in [0.5, 0.6) is 0 Å². The summed E-state index contributed by atoms with van der Waals surface area (Å²) >= 11 is 5.78. The van der Waals surface area contributed by atoms with Gasteiger partial charge < -0.3 is 5.11 Å². The van der Waals surface area contributed by atoms with Crippen LogP contribution in [0.1, 0.15) is 39.5 Å². The molecular formula is C17H13ClF3NO4S. The van der Waals surface area contributed by atoms with Gasteiger partial charge in [-0.25, -0.2) is 17.9 Å². The summed E-state index contributed by atoms with van der Waals surface area (Å²) in [6.45, 7) is 0. The number of hydrogen-bond donors (Lipinski definition) is 2.